The van der Waals surface area contributed by atoms with E-state index in [-0.39, 0.29) is 11.4 Å². The van der Waals surface area contributed by atoms with Gasteiger partial charge in [0.15, 0.2) is 17.5 Å². The highest BCUT2D eigenvalue weighted by Gasteiger charge is 2.17. The van der Waals surface area contributed by atoms with Gasteiger partial charge in [0.1, 0.15) is 5.82 Å². The van der Waals surface area contributed by atoms with Crippen molar-refractivity contribution < 1.29 is 17.6 Å². The van der Waals surface area contributed by atoms with Crippen molar-refractivity contribution in [3.8, 4) is 0 Å². The molecule has 2 aromatic rings. The summed E-state index contributed by atoms with van der Waals surface area (Å²) in [5, 5.41) is 0. The number of hydrogen-bond acceptors (Lipinski definition) is 1. The molecule has 0 radical (unpaired) electrons. The highest BCUT2D eigenvalue weighted by atomic mass is 19.2. The van der Waals surface area contributed by atoms with Gasteiger partial charge in [-0.25, -0.2) is 17.6 Å². The summed E-state index contributed by atoms with van der Waals surface area (Å²) in [6.45, 7) is 3.15. The second-order valence-corrected chi connectivity index (χ2v) is 4.74. The van der Waals surface area contributed by atoms with Crippen LogP contribution in [0.3, 0.4) is 0 Å². The first-order valence-electron chi connectivity index (χ1n) is 5.98. The summed E-state index contributed by atoms with van der Waals surface area (Å²) in [6.07, 6.45) is 0. The van der Waals surface area contributed by atoms with Crippen molar-refractivity contribution in [2.75, 3.05) is 0 Å². The average Bonchev–Trinajstić information content (AvgIpc) is 2.40. The highest BCUT2D eigenvalue weighted by molar-refractivity contribution is 5.38. The molecule has 0 bridgehead atoms. The largest absolute Gasteiger partial charge is 0.320 e. The standard InChI is InChI=1S/C15H13F4N/c1-7-3-9(4-8(2)13(7)18)15(20)10-5-11(16)14(19)12(17)6-10/h3-6,15H,20H2,1-2H3. The third-order valence-corrected chi connectivity index (χ3v) is 3.18. The summed E-state index contributed by atoms with van der Waals surface area (Å²) < 4.78 is 52.9. The van der Waals surface area contributed by atoms with Crippen molar-refractivity contribution in [1.82, 2.24) is 0 Å². The van der Waals surface area contributed by atoms with E-state index in [4.69, 9.17) is 5.73 Å². The smallest absolute Gasteiger partial charge is 0.194 e. The molecule has 0 spiro atoms. The molecular formula is C15H13F4N. The van der Waals surface area contributed by atoms with Crippen LogP contribution in [0.4, 0.5) is 17.6 Å². The topological polar surface area (TPSA) is 26.0 Å². The van der Waals surface area contributed by atoms with Crippen LogP contribution >= 0.6 is 0 Å². The zero-order valence-electron chi connectivity index (χ0n) is 11.0. The van der Waals surface area contributed by atoms with E-state index in [1.165, 1.54) is 12.1 Å². The lowest BCUT2D eigenvalue weighted by atomic mass is 9.96. The maximum absolute atomic E-state index is 13.5. The van der Waals surface area contributed by atoms with Gasteiger partial charge in [-0.1, -0.05) is 12.1 Å². The van der Waals surface area contributed by atoms with Crippen LogP contribution in [-0.4, -0.2) is 0 Å². The molecule has 2 N–H and O–H groups in total. The maximum Gasteiger partial charge on any atom is 0.194 e. The molecule has 0 saturated heterocycles. The van der Waals surface area contributed by atoms with Gasteiger partial charge in [-0.05, 0) is 48.2 Å². The molecule has 1 unspecified atom stereocenters. The monoisotopic (exact) mass is 283 g/mol. The second-order valence-electron chi connectivity index (χ2n) is 4.74. The van der Waals surface area contributed by atoms with E-state index in [0.29, 0.717) is 16.7 Å². The number of halogens is 4. The minimum atomic E-state index is -1.53. The molecule has 2 rings (SSSR count). The maximum atomic E-state index is 13.5. The molecule has 5 heteroatoms. The Hall–Kier alpha value is -1.88. The molecule has 0 aliphatic carbocycles. The Bertz CT molecular complexity index is 563. The summed E-state index contributed by atoms with van der Waals surface area (Å²) >= 11 is 0. The van der Waals surface area contributed by atoms with E-state index >= 15 is 0 Å². The molecule has 0 heterocycles. The molecule has 20 heavy (non-hydrogen) atoms. The number of aryl methyl sites for hydroxylation is 2. The molecule has 0 aliphatic heterocycles. The van der Waals surface area contributed by atoms with E-state index in [9.17, 15) is 17.6 Å². The molecule has 106 valence electrons. The van der Waals surface area contributed by atoms with Gasteiger partial charge in [0.25, 0.3) is 0 Å². The Morgan fingerprint density at radius 2 is 1.15 bits per heavy atom. The van der Waals surface area contributed by atoms with Crippen molar-refractivity contribution in [2.45, 2.75) is 19.9 Å². The Morgan fingerprint density at radius 3 is 1.60 bits per heavy atom. The highest BCUT2D eigenvalue weighted by Crippen LogP contribution is 2.26. The summed E-state index contributed by atoms with van der Waals surface area (Å²) in [4.78, 5) is 0. The van der Waals surface area contributed by atoms with Gasteiger partial charge in [-0.15, -0.1) is 0 Å². The Kier molecular flexibility index (Phi) is 3.81. The SMILES string of the molecule is Cc1cc(C(N)c2cc(F)c(F)c(F)c2)cc(C)c1F. The predicted octanol–water partition coefficient (Wildman–Crippen LogP) is 3.91. The lowest BCUT2D eigenvalue weighted by Crippen LogP contribution is -2.14. The first-order valence-corrected chi connectivity index (χ1v) is 5.98. The summed E-state index contributed by atoms with van der Waals surface area (Å²) in [5.74, 6) is -4.48. The van der Waals surface area contributed by atoms with Crippen LogP contribution in [0.2, 0.25) is 0 Å². The zero-order valence-corrected chi connectivity index (χ0v) is 11.0. The minimum Gasteiger partial charge on any atom is -0.320 e. The third kappa shape index (κ3) is 2.54. The molecule has 1 nitrogen and oxygen atoms in total. The fraction of sp³-hybridized carbons (Fsp3) is 0.200. The van der Waals surface area contributed by atoms with E-state index < -0.39 is 23.5 Å². The van der Waals surface area contributed by atoms with Crippen LogP contribution in [0.25, 0.3) is 0 Å². The van der Waals surface area contributed by atoms with Gasteiger partial charge in [0.2, 0.25) is 0 Å². The summed E-state index contributed by atoms with van der Waals surface area (Å²) in [6, 6.07) is 3.84. The van der Waals surface area contributed by atoms with Crippen LogP contribution in [0.15, 0.2) is 24.3 Å². The van der Waals surface area contributed by atoms with E-state index in [2.05, 4.69) is 0 Å². The van der Waals surface area contributed by atoms with E-state index in [0.717, 1.165) is 12.1 Å². The molecule has 1 atom stereocenters. The predicted molar refractivity (Wildman–Crippen MR) is 68.2 cm³/mol. The quantitative estimate of drug-likeness (QED) is 0.656. The van der Waals surface area contributed by atoms with Gasteiger partial charge in [-0.2, -0.15) is 0 Å². The van der Waals surface area contributed by atoms with Gasteiger partial charge < -0.3 is 5.73 Å². The van der Waals surface area contributed by atoms with Crippen LogP contribution < -0.4 is 5.73 Å². The molecular weight excluding hydrogens is 270 g/mol. The lowest BCUT2D eigenvalue weighted by Gasteiger charge is -2.15. The van der Waals surface area contributed by atoms with Crippen LogP contribution in [-0.2, 0) is 0 Å². The summed E-state index contributed by atoms with van der Waals surface area (Å²) in [5.41, 5.74) is 7.28. The number of benzene rings is 2. The van der Waals surface area contributed by atoms with Gasteiger partial charge in [-0.3, -0.25) is 0 Å². The number of nitrogens with two attached hydrogens (primary N) is 1. The van der Waals surface area contributed by atoms with Crippen molar-refractivity contribution in [3.05, 3.63) is 69.8 Å². The number of rotatable bonds is 2. The summed E-state index contributed by atoms with van der Waals surface area (Å²) in [7, 11) is 0. The molecule has 0 amide bonds. The second kappa shape index (κ2) is 5.25. The number of hydrogen-bond donors (Lipinski definition) is 1. The molecule has 0 aliphatic rings. The van der Waals surface area contributed by atoms with Crippen LogP contribution in [0, 0.1) is 37.1 Å². The fourth-order valence-corrected chi connectivity index (χ4v) is 2.11. The van der Waals surface area contributed by atoms with E-state index in [1.54, 1.807) is 13.8 Å². The van der Waals surface area contributed by atoms with Crippen molar-refractivity contribution in [2.24, 2.45) is 5.73 Å². The Morgan fingerprint density at radius 1 is 0.750 bits per heavy atom. The van der Waals surface area contributed by atoms with Gasteiger partial charge in [0.05, 0.1) is 6.04 Å². The average molecular weight is 283 g/mol. The molecule has 2 aromatic carbocycles. The molecule has 0 saturated carbocycles. The van der Waals surface area contributed by atoms with Crippen molar-refractivity contribution >= 4 is 0 Å². The van der Waals surface area contributed by atoms with E-state index in [1.807, 2.05) is 0 Å². The van der Waals surface area contributed by atoms with Crippen LogP contribution in [0.5, 0.6) is 0 Å². The fourth-order valence-electron chi connectivity index (χ4n) is 2.11. The van der Waals surface area contributed by atoms with Crippen LogP contribution in [0.1, 0.15) is 28.3 Å². The van der Waals surface area contributed by atoms with Gasteiger partial charge in [0, 0.05) is 0 Å². The molecule has 0 fully saturated rings. The third-order valence-electron chi connectivity index (χ3n) is 3.18. The first-order chi connectivity index (χ1) is 9.31. The minimum absolute atomic E-state index is 0.0896. The van der Waals surface area contributed by atoms with Gasteiger partial charge >= 0.3 is 0 Å². The molecule has 0 aromatic heterocycles. The van der Waals surface area contributed by atoms with Crippen molar-refractivity contribution in [1.29, 1.82) is 0 Å². The zero-order chi connectivity index (χ0) is 15.0. The van der Waals surface area contributed by atoms with Crippen molar-refractivity contribution in [3.63, 3.8) is 0 Å². The Labute approximate surface area is 114 Å². The normalized spacial score (nSPS) is 12.6. The first kappa shape index (κ1) is 14.5. The lowest BCUT2D eigenvalue weighted by molar-refractivity contribution is 0.444. The Balaban J connectivity index is 2.49.